The number of anilines is 2. The minimum absolute atomic E-state index is 0.0690. The van der Waals surface area contributed by atoms with Crippen LogP contribution >= 0.6 is 0 Å². The van der Waals surface area contributed by atoms with Crippen molar-refractivity contribution >= 4 is 11.4 Å². The molecule has 0 fully saturated rings. The first-order chi connectivity index (χ1) is 9.46. The summed E-state index contributed by atoms with van der Waals surface area (Å²) in [6, 6.07) is 5.71. The van der Waals surface area contributed by atoms with Gasteiger partial charge < -0.3 is 20.9 Å². The van der Waals surface area contributed by atoms with Crippen LogP contribution in [0.5, 0.6) is 5.75 Å². The lowest BCUT2D eigenvalue weighted by molar-refractivity contribution is 0.127. The lowest BCUT2D eigenvalue weighted by Crippen LogP contribution is -2.32. The normalized spacial score (nSPS) is 11.7. The van der Waals surface area contributed by atoms with Crippen molar-refractivity contribution in [2.75, 3.05) is 24.2 Å². The van der Waals surface area contributed by atoms with Crippen LogP contribution in [0.2, 0.25) is 0 Å². The smallest absolute Gasteiger partial charge is 0.144 e. The van der Waals surface area contributed by atoms with Gasteiger partial charge in [-0.1, -0.05) is 13.8 Å². The molecule has 114 valence electrons. The van der Waals surface area contributed by atoms with Crippen LogP contribution in [-0.4, -0.2) is 24.4 Å². The molecule has 0 heterocycles. The van der Waals surface area contributed by atoms with Crippen LogP contribution < -0.4 is 15.8 Å². The van der Waals surface area contributed by atoms with Crippen molar-refractivity contribution < 1.29 is 9.84 Å². The minimum atomic E-state index is -0.0690. The molecule has 0 aliphatic carbocycles. The zero-order valence-corrected chi connectivity index (χ0v) is 13.1. The zero-order valence-electron chi connectivity index (χ0n) is 13.1. The Morgan fingerprint density at radius 1 is 1.30 bits per heavy atom. The summed E-state index contributed by atoms with van der Waals surface area (Å²) < 4.78 is 5.68. The fourth-order valence-corrected chi connectivity index (χ4v) is 2.07. The molecule has 0 saturated carbocycles. The lowest BCUT2D eigenvalue weighted by Gasteiger charge is -2.30. The number of hydrogen-bond acceptors (Lipinski definition) is 4. The van der Waals surface area contributed by atoms with Gasteiger partial charge in [-0.15, -0.1) is 0 Å². The average molecular weight is 280 g/mol. The van der Waals surface area contributed by atoms with E-state index in [4.69, 9.17) is 10.5 Å². The number of nitrogens with one attached hydrogen (secondary N) is 1. The molecule has 0 aromatic heterocycles. The molecule has 0 unspecified atom stereocenters. The largest absolute Gasteiger partial charge is 0.489 e. The van der Waals surface area contributed by atoms with Gasteiger partial charge in [0.05, 0.1) is 18.4 Å². The molecule has 4 nitrogen and oxygen atoms in total. The first kappa shape index (κ1) is 16.6. The second-order valence-electron chi connectivity index (χ2n) is 5.64. The lowest BCUT2D eigenvalue weighted by atomic mass is 9.83. The number of ether oxygens (including phenoxy) is 1. The molecule has 0 aliphatic rings. The van der Waals surface area contributed by atoms with Crippen LogP contribution in [0.1, 0.15) is 40.5 Å². The molecule has 1 aromatic rings. The predicted molar refractivity (Wildman–Crippen MR) is 85.2 cm³/mol. The minimum Gasteiger partial charge on any atom is -0.489 e. The van der Waals surface area contributed by atoms with Gasteiger partial charge in [-0.2, -0.15) is 0 Å². The van der Waals surface area contributed by atoms with Crippen molar-refractivity contribution in [2.45, 2.75) is 46.6 Å². The van der Waals surface area contributed by atoms with Gasteiger partial charge >= 0.3 is 0 Å². The molecule has 0 aliphatic heterocycles. The van der Waals surface area contributed by atoms with Crippen LogP contribution in [0.4, 0.5) is 11.4 Å². The van der Waals surface area contributed by atoms with Gasteiger partial charge in [0, 0.05) is 23.7 Å². The Morgan fingerprint density at radius 2 is 1.95 bits per heavy atom. The van der Waals surface area contributed by atoms with Gasteiger partial charge in [0.15, 0.2) is 0 Å². The standard InChI is InChI=1S/C16H28N2O2/c1-5-16(6-2,11-19)10-18-13-7-8-14(17)15(9-13)20-12(3)4/h7-9,12,18-19H,5-6,10-11,17H2,1-4H3. The van der Waals surface area contributed by atoms with Crippen LogP contribution in [0.15, 0.2) is 18.2 Å². The van der Waals surface area contributed by atoms with Gasteiger partial charge in [0.2, 0.25) is 0 Å². The maximum atomic E-state index is 9.59. The molecule has 1 aromatic carbocycles. The van der Waals surface area contributed by atoms with E-state index in [1.807, 2.05) is 32.0 Å². The number of aliphatic hydroxyl groups is 1. The van der Waals surface area contributed by atoms with Crippen molar-refractivity contribution in [3.05, 3.63) is 18.2 Å². The summed E-state index contributed by atoms with van der Waals surface area (Å²) >= 11 is 0. The van der Waals surface area contributed by atoms with E-state index in [0.29, 0.717) is 11.4 Å². The van der Waals surface area contributed by atoms with Crippen molar-refractivity contribution in [2.24, 2.45) is 5.41 Å². The third-order valence-electron chi connectivity index (χ3n) is 3.88. The van der Waals surface area contributed by atoms with Crippen molar-refractivity contribution in [1.82, 2.24) is 0 Å². The Labute approximate surface area is 122 Å². The number of nitrogen functional groups attached to an aromatic ring is 1. The molecule has 20 heavy (non-hydrogen) atoms. The van der Waals surface area contributed by atoms with E-state index in [1.165, 1.54) is 0 Å². The Bertz CT molecular complexity index is 407. The monoisotopic (exact) mass is 280 g/mol. The summed E-state index contributed by atoms with van der Waals surface area (Å²) in [7, 11) is 0. The number of hydrogen-bond donors (Lipinski definition) is 3. The molecule has 0 spiro atoms. The van der Waals surface area contributed by atoms with E-state index >= 15 is 0 Å². The summed E-state index contributed by atoms with van der Waals surface area (Å²) in [6.07, 6.45) is 1.98. The highest BCUT2D eigenvalue weighted by Crippen LogP contribution is 2.29. The second-order valence-corrected chi connectivity index (χ2v) is 5.64. The molecule has 4 N–H and O–H groups in total. The van der Waals surface area contributed by atoms with Crippen LogP contribution in [0.3, 0.4) is 0 Å². The third kappa shape index (κ3) is 4.30. The Hall–Kier alpha value is -1.42. The van der Waals surface area contributed by atoms with Gasteiger partial charge in [-0.3, -0.25) is 0 Å². The van der Waals surface area contributed by atoms with Crippen LogP contribution in [0.25, 0.3) is 0 Å². The average Bonchev–Trinajstić information content (AvgIpc) is 2.44. The highest BCUT2D eigenvalue weighted by Gasteiger charge is 2.24. The quantitative estimate of drug-likeness (QED) is 0.639. The fraction of sp³-hybridized carbons (Fsp3) is 0.625. The molecule has 0 atom stereocenters. The van der Waals surface area contributed by atoms with E-state index in [1.54, 1.807) is 0 Å². The molecule has 0 amide bonds. The van der Waals surface area contributed by atoms with Gasteiger partial charge in [0.1, 0.15) is 5.75 Å². The number of aliphatic hydroxyl groups excluding tert-OH is 1. The highest BCUT2D eigenvalue weighted by molar-refractivity contribution is 5.61. The Balaban J connectivity index is 2.78. The van der Waals surface area contributed by atoms with Gasteiger partial charge in [-0.25, -0.2) is 0 Å². The maximum absolute atomic E-state index is 9.59. The first-order valence-corrected chi connectivity index (χ1v) is 7.37. The topological polar surface area (TPSA) is 67.5 Å². The summed E-state index contributed by atoms with van der Waals surface area (Å²) in [5.74, 6) is 0.701. The maximum Gasteiger partial charge on any atom is 0.144 e. The SMILES string of the molecule is CCC(CC)(CO)CNc1ccc(N)c(OC(C)C)c1. The Kier molecular flexibility index (Phi) is 6.14. The molecule has 4 heteroatoms. The summed E-state index contributed by atoms with van der Waals surface area (Å²) in [6.45, 7) is 9.10. The fourth-order valence-electron chi connectivity index (χ4n) is 2.07. The third-order valence-corrected chi connectivity index (χ3v) is 3.88. The second kappa shape index (κ2) is 7.39. The van der Waals surface area contributed by atoms with E-state index in [9.17, 15) is 5.11 Å². The van der Waals surface area contributed by atoms with Crippen LogP contribution in [-0.2, 0) is 0 Å². The molecule has 1 rings (SSSR count). The van der Waals surface area contributed by atoms with E-state index in [-0.39, 0.29) is 18.1 Å². The van der Waals surface area contributed by atoms with Crippen molar-refractivity contribution in [3.8, 4) is 5.75 Å². The van der Waals surface area contributed by atoms with E-state index < -0.39 is 0 Å². The molecule has 0 bridgehead atoms. The summed E-state index contributed by atoms with van der Waals surface area (Å²) in [4.78, 5) is 0. The molecule has 0 radical (unpaired) electrons. The van der Waals surface area contributed by atoms with Crippen LogP contribution in [0, 0.1) is 5.41 Å². The number of benzene rings is 1. The Morgan fingerprint density at radius 3 is 2.45 bits per heavy atom. The number of nitrogens with two attached hydrogens (primary N) is 1. The molecular formula is C16H28N2O2. The van der Waals surface area contributed by atoms with Crippen molar-refractivity contribution in [1.29, 1.82) is 0 Å². The summed E-state index contributed by atoms with van der Waals surface area (Å²) in [5, 5.41) is 13.0. The first-order valence-electron chi connectivity index (χ1n) is 7.37. The molecule has 0 saturated heterocycles. The van der Waals surface area contributed by atoms with Crippen molar-refractivity contribution in [3.63, 3.8) is 0 Å². The zero-order chi connectivity index (χ0) is 15.2. The van der Waals surface area contributed by atoms with E-state index in [0.717, 1.165) is 25.1 Å². The number of rotatable bonds is 8. The summed E-state index contributed by atoms with van der Waals surface area (Å²) in [5.41, 5.74) is 7.45. The highest BCUT2D eigenvalue weighted by atomic mass is 16.5. The van der Waals surface area contributed by atoms with Gasteiger partial charge in [-0.05, 0) is 38.8 Å². The molecular weight excluding hydrogens is 252 g/mol. The van der Waals surface area contributed by atoms with E-state index in [2.05, 4.69) is 19.2 Å². The predicted octanol–water partition coefficient (Wildman–Crippen LogP) is 3.27. The van der Waals surface area contributed by atoms with Gasteiger partial charge in [0.25, 0.3) is 0 Å².